The zero-order chi connectivity index (χ0) is 13.3. The van der Waals surface area contributed by atoms with Gasteiger partial charge in [-0.2, -0.15) is 5.10 Å². The number of rotatable bonds is 2. The van der Waals surface area contributed by atoms with Gasteiger partial charge in [-0.25, -0.2) is 13.2 Å². The number of anilines is 1. The molecule has 0 aliphatic carbocycles. The van der Waals surface area contributed by atoms with Gasteiger partial charge in [0.15, 0.2) is 17.5 Å². The Balaban J connectivity index is 2.25. The molecule has 0 fully saturated rings. The van der Waals surface area contributed by atoms with Crippen LogP contribution in [0, 0.1) is 17.5 Å². The molecule has 0 aliphatic rings. The summed E-state index contributed by atoms with van der Waals surface area (Å²) in [7, 11) is 1.61. The number of carbonyl (C=O) groups is 1. The number of halogens is 3. The minimum absolute atomic E-state index is 0.182. The van der Waals surface area contributed by atoms with Gasteiger partial charge in [-0.1, -0.05) is 0 Å². The Morgan fingerprint density at radius 2 is 2.00 bits per heavy atom. The van der Waals surface area contributed by atoms with E-state index >= 15 is 0 Å². The summed E-state index contributed by atoms with van der Waals surface area (Å²) in [5, 5.41) is 5.90. The van der Waals surface area contributed by atoms with Gasteiger partial charge in [0.05, 0.1) is 17.4 Å². The first-order valence-electron chi connectivity index (χ1n) is 4.92. The molecule has 0 aliphatic heterocycles. The number of hydrogen-bond donors (Lipinski definition) is 1. The second kappa shape index (κ2) is 4.52. The van der Waals surface area contributed by atoms with Crippen molar-refractivity contribution in [2.75, 3.05) is 5.32 Å². The summed E-state index contributed by atoms with van der Waals surface area (Å²) >= 11 is 0. The molecular weight excluding hydrogens is 247 g/mol. The highest BCUT2D eigenvalue weighted by molar-refractivity contribution is 6.03. The maximum Gasteiger partial charge on any atom is 0.258 e. The smallest absolute Gasteiger partial charge is 0.258 e. The lowest BCUT2D eigenvalue weighted by Crippen LogP contribution is -2.13. The summed E-state index contributed by atoms with van der Waals surface area (Å²) in [6, 6.07) is 1.68. The third-order valence-corrected chi connectivity index (χ3v) is 2.25. The van der Waals surface area contributed by atoms with Gasteiger partial charge in [-0.3, -0.25) is 9.48 Å². The van der Waals surface area contributed by atoms with E-state index in [1.165, 1.54) is 17.1 Å². The standard InChI is InChI=1S/C11H8F3N3O/c1-17-5-6(4-15-17)11(18)16-8-3-2-7(12)9(13)10(8)14/h2-5H,1H3,(H,16,18). The van der Waals surface area contributed by atoms with E-state index in [4.69, 9.17) is 0 Å². The van der Waals surface area contributed by atoms with Crippen molar-refractivity contribution >= 4 is 11.6 Å². The molecule has 1 heterocycles. The predicted octanol–water partition coefficient (Wildman–Crippen LogP) is 2.09. The first-order valence-corrected chi connectivity index (χ1v) is 4.92. The van der Waals surface area contributed by atoms with Crippen molar-refractivity contribution in [2.45, 2.75) is 0 Å². The molecule has 0 spiro atoms. The fraction of sp³-hybridized carbons (Fsp3) is 0.0909. The first-order chi connectivity index (χ1) is 8.49. The highest BCUT2D eigenvalue weighted by Gasteiger charge is 2.16. The topological polar surface area (TPSA) is 46.9 Å². The average Bonchev–Trinajstić information content (AvgIpc) is 2.77. The third-order valence-electron chi connectivity index (χ3n) is 2.25. The number of aromatic nitrogens is 2. The van der Waals surface area contributed by atoms with Crippen molar-refractivity contribution in [1.82, 2.24) is 9.78 Å². The highest BCUT2D eigenvalue weighted by Crippen LogP contribution is 2.20. The van der Waals surface area contributed by atoms with Gasteiger partial charge >= 0.3 is 0 Å². The van der Waals surface area contributed by atoms with Crippen molar-refractivity contribution in [3.05, 3.63) is 47.5 Å². The molecular formula is C11H8F3N3O. The van der Waals surface area contributed by atoms with E-state index in [1.807, 2.05) is 0 Å². The van der Waals surface area contributed by atoms with Crippen LogP contribution in [0.1, 0.15) is 10.4 Å². The van der Waals surface area contributed by atoms with Crippen LogP contribution in [0.5, 0.6) is 0 Å². The Hall–Kier alpha value is -2.31. The van der Waals surface area contributed by atoms with E-state index in [-0.39, 0.29) is 5.56 Å². The SMILES string of the molecule is Cn1cc(C(=O)Nc2ccc(F)c(F)c2F)cn1. The lowest BCUT2D eigenvalue weighted by atomic mass is 10.2. The van der Waals surface area contributed by atoms with E-state index < -0.39 is 29.0 Å². The maximum atomic E-state index is 13.3. The fourth-order valence-electron chi connectivity index (χ4n) is 1.36. The largest absolute Gasteiger partial charge is 0.319 e. The van der Waals surface area contributed by atoms with E-state index in [2.05, 4.69) is 10.4 Å². The average molecular weight is 255 g/mol. The molecule has 4 nitrogen and oxygen atoms in total. The lowest BCUT2D eigenvalue weighted by Gasteiger charge is -2.05. The normalized spacial score (nSPS) is 10.4. The van der Waals surface area contributed by atoms with E-state index in [0.717, 1.165) is 12.1 Å². The summed E-state index contributed by atoms with van der Waals surface area (Å²) in [6.45, 7) is 0. The Bertz CT molecular complexity index is 610. The molecule has 0 radical (unpaired) electrons. The molecule has 0 atom stereocenters. The Morgan fingerprint density at radius 1 is 1.28 bits per heavy atom. The molecule has 0 bridgehead atoms. The van der Waals surface area contributed by atoms with Crippen molar-refractivity contribution in [1.29, 1.82) is 0 Å². The summed E-state index contributed by atoms with van der Waals surface area (Å²) in [5.74, 6) is -5.04. The van der Waals surface area contributed by atoms with Crippen molar-refractivity contribution in [3.63, 3.8) is 0 Å². The Morgan fingerprint density at radius 3 is 2.61 bits per heavy atom. The molecule has 0 saturated carbocycles. The Labute approximate surface area is 100 Å². The van der Waals surface area contributed by atoms with Gasteiger partial charge in [0.1, 0.15) is 0 Å². The monoisotopic (exact) mass is 255 g/mol. The summed E-state index contributed by atoms with van der Waals surface area (Å²) in [5.41, 5.74) is -0.246. The number of carbonyl (C=O) groups excluding carboxylic acids is 1. The quantitative estimate of drug-likeness (QED) is 0.835. The minimum atomic E-state index is -1.63. The second-order valence-corrected chi connectivity index (χ2v) is 3.58. The number of nitrogens with zero attached hydrogens (tertiary/aromatic N) is 2. The number of nitrogens with one attached hydrogen (secondary N) is 1. The molecule has 2 aromatic rings. The number of benzene rings is 1. The van der Waals surface area contributed by atoms with Crippen molar-refractivity contribution in [3.8, 4) is 0 Å². The van der Waals surface area contributed by atoms with Crippen LogP contribution in [0.25, 0.3) is 0 Å². The van der Waals surface area contributed by atoms with Crippen LogP contribution in [0.4, 0.5) is 18.9 Å². The number of aryl methyl sites for hydroxylation is 1. The van der Waals surface area contributed by atoms with Gasteiger partial charge in [-0.05, 0) is 12.1 Å². The van der Waals surface area contributed by atoms with Crippen LogP contribution < -0.4 is 5.32 Å². The zero-order valence-corrected chi connectivity index (χ0v) is 9.25. The fourth-order valence-corrected chi connectivity index (χ4v) is 1.36. The van der Waals surface area contributed by atoms with Crippen LogP contribution >= 0.6 is 0 Å². The molecule has 1 amide bonds. The van der Waals surface area contributed by atoms with Crippen molar-refractivity contribution < 1.29 is 18.0 Å². The maximum absolute atomic E-state index is 13.3. The molecule has 7 heteroatoms. The predicted molar refractivity (Wildman–Crippen MR) is 57.5 cm³/mol. The lowest BCUT2D eigenvalue weighted by molar-refractivity contribution is 0.102. The van der Waals surface area contributed by atoms with Gasteiger partial charge in [0, 0.05) is 13.2 Å². The van der Waals surface area contributed by atoms with Crippen LogP contribution in [-0.4, -0.2) is 15.7 Å². The molecule has 94 valence electrons. The Kier molecular flexibility index (Phi) is 3.05. The molecule has 2 rings (SSSR count). The molecule has 0 saturated heterocycles. The van der Waals surface area contributed by atoms with Gasteiger partial charge in [0.25, 0.3) is 5.91 Å². The van der Waals surface area contributed by atoms with Gasteiger partial charge in [-0.15, -0.1) is 0 Å². The van der Waals surface area contributed by atoms with Crippen LogP contribution in [0.3, 0.4) is 0 Å². The van der Waals surface area contributed by atoms with Crippen LogP contribution in [0.2, 0.25) is 0 Å². The first kappa shape index (κ1) is 12.2. The van der Waals surface area contributed by atoms with E-state index in [0.29, 0.717) is 0 Å². The van der Waals surface area contributed by atoms with E-state index in [9.17, 15) is 18.0 Å². The van der Waals surface area contributed by atoms with E-state index in [1.54, 1.807) is 7.05 Å². The zero-order valence-electron chi connectivity index (χ0n) is 9.25. The minimum Gasteiger partial charge on any atom is -0.319 e. The third kappa shape index (κ3) is 2.20. The molecule has 1 aromatic carbocycles. The van der Waals surface area contributed by atoms with Crippen LogP contribution in [-0.2, 0) is 7.05 Å². The number of amides is 1. The molecule has 18 heavy (non-hydrogen) atoms. The summed E-state index contributed by atoms with van der Waals surface area (Å²) in [4.78, 5) is 11.6. The number of hydrogen-bond acceptors (Lipinski definition) is 2. The summed E-state index contributed by atoms with van der Waals surface area (Å²) < 4.78 is 40.3. The second-order valence-electron chi connectivity index (χ2n) is 3.58. The molecule has 1 N–H and O–H groups in total. The molecule has 1 aromatic heterocycles. The van der Waals surface area contributed by atoms with Gasteiger partial charge < -0.3 is 5.32 Å². The summed E-state index contributed by atoms with van der Waals surface area (Å²) in [6.07, 6.45) is 2.68. The van der Waals surface area contributed by atoms with Gasteiger partial charge in [0.2, 0.25) is 0 Å². The molecule has 0 unspecified atom stereocenters. The highest BCUT2D eigenvalue weighted by atomic mass is 19.2. The van der Waals surface area contributed by atoms with Crippen molar-refractivity contribution in [2.24, 2.45) is 7.05 Å². The van der Waals surface area contributed by atoms with Crippen LogP contribution in [0.15, 0.2) is 24.5 Å².